The molecule has 0 bridgehead atoms. The van der Waals surface area contributed by atoms with Crippen molar-refractivity contribution < 1.29 is 14.7 Å². The van der Waals surface area contributed by atoms with Gasteiger partial charge in [0.2, 0.25) is 5.91 Å². The summed E-state index contributed by atoms with van der Waals surface area (Å²) in [4.78, 5) is 23.6. The first-order chi connectivity index (χ1) is 9.05. The van der Waals surface area contributed by atoms with Gasteiger partial charge in [-0.3, -0.25) is 4.79 Å². The minimum Gasteiger partial charge on any atom is -0.480 e. The highest BCUT2D eigenvalue weighted by Gasteiger charge is 2.41. The minimum absolute atomic E-state index is 0.152. The smallest absolute Gasteiger partial charge is 0.326 e. The first-order valence-corrected chi connectivity index (χ1v) is 8.23. The van der Waals surface area contributed by atoms with Gasteiger partial charge >= 0.3 is 5.97 Å². The zero-order valence-electron chi connectivity index (χ0n) is 11.7. The summed E-state index contributed by atoms with van der Waals surface area (Å²) >= 11 is 1.59. The fourth-order valence-electron chi connectivity index (χ4n) is 2.54. The normalized spacial score (nSPS) is 24.1. The number of amides is 1. The molecule has 0 aromatic carbocycles. The van der Waals surface area contributed by atoms with Crippen LogP contribution in [-0.4, -0.2) is 47.1 Å². The minimum atomic E-state index is -0.952. The van der Waals surface area contributed by atoms with E-state index in [0.717, 1.165) is 38.0 Å². The van der Waals surface area contributed by atoms with Gasteiger partial charge in [0, 0.05) is 0 Å². The van der Waals surface area contributed by atoms with Crippen molar-refractivity contribution in [3.8, 4) is 0 Å². The standard InChI is InChI=1S/C13H24N2O3S/c1-3-6-13(7-4-8-14-13)12(18)15-10(11(16)17)5-9-19-2/h10,14H,3-9H2,1-2H3,(H,15,18)(H,16,17)/t10-,13?/m0/s1. The van der Waals surface area contributed by atoms with Crippen LogP contribution < -0.4 is 10.6 Å². The molecule has 1 aliphatic rings. The quantitative estimate of drug-likeness (QED) is 0.626. The Morgan fingerprint density at radius 3 is 2.74 bits per heavy atom. The molecule has 0 aromatic rings. The van der Waals surface area contributed by atoms with E-state index in [1.807, 2.05) is 13.2 Å². The number of hydrogen-bond donors (Lipinski definition) is 3. The summed E-state index contributed by atoms with van der Waals surface area (Å²) in [6.45, 7) is 2.87. The topological polar surface area (TPSA) is 78.4 Å². The van der Waals surface area contributed by atoms with Gasteiger partial charge in [0.1, 0.15) is 6.04 Å². The van der Waals surface area contributed by atoms with Gasteiger partial charge in [0.05, 0.1) is 5.54 Å². The fourth-order valence-corrected chi connectivity index (χ4v) is 3.01. The Hall–Kier alpha value is -0.750. The number of carboxylic acid groups (broad SMARTS) is 1. The van der Waals surface area contributed by atoms with Crippen molar-refractivity contribution in [3.05, 3.63) is 0 Å². The summed E-state index contributed by atoms with van der Waals surface area (Å²) in [6.07, 6.45) is 5.82. The molecule has 0 spiro atoms. The van der Waals surface area contributed by atoms with Crippen LogP contribution in [-0.2, 0) is 9.59 Å². The molecule has 5 nitrogen and oxygen atoms in total. The monoisotopic (exact) mass is 288 g/mol. The molecule has 1 fully saturated rings. The molecule has 1 rings (SSSR count). The van der Waals surface area contributed by atoms with Gasteiger partial charge in [-0.2, -0.15) is 11.8 Å². The maximum atomic E-state index is 12.4. The Kier molecular flexibility index (Phi) is 6.65. The highest BCUT2D eigenvalue weighted by Crippen LogP contribution is 2.25. The fraction of sp³-hybridized carbons (Fsp3) is 0.846. The van der Waals surface area contributed by atoms with Crippen LogP contribution in [0.4, 0.5) is 0 Å². The van der Waals surface area contributed by atoms with E-state index in [1.165, 1.54) is 0 Å². The summed E-state index contributed by atoms with van der Waals surface area (Å²) in [6, 6.07) is -0.781. The molecular weight excluding hydrogens is 264 g/mol. The van der Waals surface area contributed by atoms with Crippen molar-refractivity contribution in [1.29, 1.82) is 0 Å². The van der Waals surface area contributed by atoms with Gasteiger partial charge in [-0.1, -0.05) is 13.3 Å². The zero-order valence-corrected chi connectivity index (χ0v) is 12.5. The predicted molar refractivity (Wildman–Crippen MR) is 77.4 cm³/mol. The van der Waals surface area contributed by atoms with E-state index in [0.29, 0.717) is 6.42 Å². The summed E-state index contributed by atoms with van der Waals surface area (Å²) in [7, 11) is 0. The van der Waals surface area contributed by atoms with Gasteiger partial charge in [-0.05, 0) is 44.2 Å². The first kappa shape index (κ1) is 16.3. The second kappa shape index (κ2) is 7.75. The molecule has 1 heterocycles. The molecule has 1 saturated heterocycles. The summed E-state index contributed by atoms with van der Waals surface area (Å²) in [5, 5.41) is 15.1. The van der Waals surface area contributed by atoms with Crippen LogP contribution in [0.1, 0.15) is 39.0 Å². The Morgan fingerprint density at radius 1 is 1.53 bits per heavy atom. The van der Waals surface area contributed by atoms with Gasteiger partial charge < -0.3 is 15.7 Å². The third-order valence-electron chi connectivity index (χ3n) is 3.57. The number of carboxylic acids is 1. The van der Waals surface area contributed by atoms with Crippen molar-refractivity contribution in [2.75, 3.05) is 18.6 Å². The lowest BCUT2D eigenvalue weighted by Gasteiger charge is -2.29. The third kappa shape index (κ3) is 4.38. The molecule has 3 N–H and O–H groups in total. The lowest BCUT2D eigenvalue weighted by Crippen LogP contribution is -2.57. The molecule has 0 radical (unpaired) electrons. The number of carbonyl (C=O) groups is 2. The van der Waals surface area contributed by atoms with E-state index >= 15 is 0 Å². The number of hydrogen-bond acceptors (Lipinski definition) is 4. The Balaban J connectivity index is 2.65. The van der Waals surface area contributed by atoms with Crippen LogP contribution in [0.15, 0.2) is 0 Å². The second-order valence-corrected chi connectivity index (χ2v) is 5.99. The van der Waals surface area contributed by atoms with E-state index in [1.54, 1.807) is 11.8 Å². The number of aliphatic carboxylic acids is 1. The molecule has 0 saturated carbocycles. The molecule has 1 unspecified atom stereocenters. The highest BCUT2D eigenvalue weighted by molar-refractivity contribution is 7.98. The van der Waals surface area contributed by atoms with Crippen LogP contribution in [0.5, 0.6) is 0 Å². The van der Waals surface area contributed by atoms with Gasteiger partial charge in [0.15, 0.2) is 0 Å². The molecule has 2 atom stereocenters. The summed E-state index contributed by atoms with van der Waals surface area (Å²) < 4.78 is 0. The molecule has 1 aliphatic heterocycles. The van der Waals surface area contributed by atoms with Crippen LogP contribution >= 0.6 is 11.8 Å². The Bertz CT molecular complexity index is 317. The van der Waals surface area contributed by atoms with E-state index in [4.69, 9.17) is 5.11 Å². The molecule has 19 heavy (non-hydrogen) atoms. The molecule has 6 heteroatoms. The SMILES string of the molecule is CCCC1(C(=O)N[C@@H](CCSC)C(=O)O)CCCN1. The summed E-state index contributed by atoms with van der Waals surface area (Å²) in [5.41, 5.74) is -0.554. The molecular formula is C13H24N2O3S. The number of rotatable bonds is 8. The molecule has 1 amide bonds. The first-order valence-electron chi connectivity index (χ1n) is 6.83. The van der Waals surface area contributed by atoms with Gasteiger partial charge in [-0.25, -0.2) is 4.79 Å². The lowest BCUT2D eigenvalue weighted by molar-refractivity contribution is -0.143. The predicted octanol–water partition coefficient (Wildman–Crippen LogP) is 1.23. The van der Waals surface area contributed by atoms with E-state index in [9.17, 15) is 9.59 Å². The van der Waals surface area contributed by atoms with Gasteiger partial charge in [0.25, 0.3) is 0 Å². The van der Waals surface area contributed by atoms with E-state index < -0.39 is 17.6 Å². The van der Waals surface area contributed by atoms with Crippen molar-refractivity contribution >= 4 is 23.6 Å². The van der Waals surface area contributed by atoms with E-state index in [-0.39, 0.29) is 5.91 Å². The van der Waals surface area contributed by atoms with Crippen molar-refractivity contribution in [1.82, 2.24) is 10.6 Å². The van der Waals surface area contributed by atoms with Crippen LogP contribution in [0.25, 0.3) is 0 Å². The number of thioether (sulfide) groups is 1. The van der Waals surface area contributed by atoms with Crippen molar-refractivity contribution in [2.45, 2.75) is 50.6 Å². The van der Waals surface area contributed by atoms with Gasteiger partial charge in [-0.15, -0.1) is 0 Å². The highest BCUT2D eigenvalue weighted by atomic mass is 32.2. The molecule has 0 aliphatic carbocycles. The number of carbonyl (C=O) groups excluding carboxylic acids is 1. The Labute approximate surface area is 118 Å². The third-order valence-corrected chi connectivity index (χ3v) is 4.21. The lowest BCUT2D eigenvalue weighted by atomic mass is 9.90. The van der Waals surface area contributed by atoms with Crippen LogP contribution in [0.2, 0.25) is 0 Å². The van der Waals surface area contributed by atoms with Crippen molar-refractivity contribution in [3.63, 3.8) is 0 Å². The molecule has 110 valence electrons. The van der Waals surface area contributed by atoms with Crippen LogP contribution in [0.3, 0.4) is 0 Å². The average molecular weight is 288 g/mol. The maximum absolute atomic E-state index is 12.4. The maximum Gasteiger partial charge on any atom is 0.326 e. The van der Waals surface area contributed by atoms with E-state index in [2.05, 4.69) is 10.6 Å². The summed E-state index contributed by atoms with van der Waals surface area (Å²) in [5.74, 6) is -0.377. The van der Waals surface area contributed by atoms with Crippen LogP contribution in [0, 0.1) is 0 Å². The largest absolute Gasteiger partial charge is 0.480 e. The average Bonchev–Trinajstić information content (AvgIpc) is 2.84. The molecule has 0 aromatic heterocycles. The number of nitrogens with one attached hydrogen (secondary N) is 2. The second-order valence-electron chi connectivity index (χ2n) is 5.01. The zero-order chi connectivity index (χ0) is 14.3. The van der Waals surface area contributed by atoms with Crippen molar-refractivity contribution in [2.24, 2.45) is 0 Å². The Morgan fingerprint density at radius 2 is 2.26 bits per heavy atom.